The summed E-state index contributed by atoms with van der Waals surface area (Å²) in [6.45, 7) is 2.22. The zero-order valence-electron chi connectivity index (χ0n) is 16.8. The Morgan fingerprint density at radius 1 is 1.00 bits per heavy atom. The van der Waals surface area contributed by atoms with Crippen LogP contribution in [0.5, 0.6) is 5.75 Å². The first kappa shape index (κ1) is 23.5. The highest BCUT2D eigenvalue weighted by Gasteiger charge is 2.13. The predicted octanol–water partition coefficient (Wildman–Crippen LogP) is 5.46. The van der Waals surface area contributed by atoms with Crippen molar-refractivity contribution < 1.29 is 4.74 Å². The van der Waals surface area contributed by atoms with Gasteiger partial charge in [-0.1, -0.05) is 42.5 Å². The molecular weight excluding hydrogens is 417 g/mol. The molecule has 0 saturated heterocycles. The van der Waals surface area contributed by atoms with Crippen LogP contribution in [0.3, 0.4) is 0 Å². The minimum atomic E-state index is 0. The number of rotatable bonds is 5. The number of likely N-dealkylation sites (N-methyl/N-ethyl adjacent to an activating group) is 1. The van der Waals surface area contributed by atoms with Crippen LogP contribution < -0.4 is 9.64 Å². The average molecular weight is 442 g/mol. The SMILES string of the molecule is CN1CCN=C(C=Cc2cccc(OCc3cccnc3)c2)c2ccccc21.Cl.Cl. The number of anilines is 1. The number of benzodiazepines with no additional fused rings is 1. The maximum absolute atomic E-state index is 5.90. The van der Waals surface area contributed by atoms with Crippen LogP contribution in [0.1, 0.15) is 16.7 Å². The van der Waals surface area contributed by atoms with Crippen molar-refractivity contribution in [3.05, 3.63) is 95.8 Å². The number of para-hydroxylation sites is 1. The largest absolute Gasteiger partial charge is 0.489 e. The minimum absolute atomic E-state index is 0. The van der Waals surface area contributed by atoms with Crippen molar-refractivity contribution in [1.29, 1.82) is 0 Å². The minimum Gasteiger partial charge on any atom is -0.489 e. The van der Waals surface area contributed by atoms with E-state index in [1.807, 2.05) is 36.5 Å². The fourth-order valence-corrected chi connectivity index (χ4v) is 3.22. The molecule has 2 aromatic carbocycles. The molecule has 0 aliphatic carbocycles. The average Bonchev–Trinajstić information content (AvgIpc) is 2.91. The van der Waals surface area contributed by atoms with Crippen molar-refractivity contribution in [3.8, 4) is 5.75 Å². The lowest BCUT2D eigenvalue weighted by Crippen LogP contribution is -2.20. The van der Waals surface area contributed by atoms with E-state index in [2.05, 4.69) is 59.4 Å². The van der Waals surface area contributed by atoms with Crippen LogP contribution in [0, 0.1) is 0 Å². The monoisotopic (exact) mass is 441 g/mol. The summed E-state index contributed by atoms with van der Waals surface area (Å²) in [6, 6.07) is 20.4. The topological polar surface area (TPSA) is 37.7 Å². The van der Waals surface area contributed by atoms with Crippen LogP contribution >= 0.6 is 24.8 Å². The zero-order valence-corrected chi connectivity index (χ0v) is 18.4. The van der Waals surface area contributed by atoms with Gasteiger partial charge in [-0.2, -0.15) is 0 Å². The Bertz CT molecular complexity index is 1010. The molecule has 2 heterocycles. The van der Waals surface area contributed by atoms with Gasteiger partial charge in [-0.25, -0.2) is 0 Å². The summed E-state index contributed by atoms with van der Waals surface area (Å²) < 4.78 is 5.90. The highest BCUT2D eigenvalue weighted by atomic mass is 35.5. The molecule has 0 radical (unpaired) electrons. The molecule has 6 heteroatoms. The number of benzene rings is 2. The number of fused-ring (bicyclic) bond motifs is 1. The summed E-state index contributed by atoms with van der Waals surface area (Å²) in [5, 5.41) is 0. The number of allylic oxidation sites excluding steroid dienone is 1. The number of aromatic nitrogens is 1. The molecule has 0 fully saturated rings. The van der Waals surface area contributed by atoms with Crippen molar-refractivity contribution in [2.75, 3.05) is 25.0 Å². The molecule has 0 saturated carbocycles. The number of nitrogens with zero attached hydrogens (tertiary/aromatic N) is 3. The Morgan fingerprint density at radius 3 is 2.70 bits per heavy atom. The second kappa shape index (κ2) is 11.4. The lowest BCUT2D eigenvalue weighted by molar-refractivity contribution is 0.305. The van der Waals surface area contributed by atoms with Crippen LogP contribution in [0.25, 0.3) is 6.08 Å². The zero-order chi connectivity index (χ0) is 19.2. The van der Waals surface area contributed by atoms with Crippen molar-refractivity contribution in [2.45, 2.75) is 6.61 Å². The molecule has 1 aliphatic rings. The third-order valence-corrected chi connectivity index (χ3v) is 4.73. The van der Waals surface area contributed by atoms with Gasteiger partial charge in [-0.3, -0.25) is 9.98 Å². The van der Waals surface area contributed by atoms with E-state index in [4.69, 9.17) is 9.73 Å². The van der Waals surface area contributed by atoms with Gasteiger partial charge < -0.3 is 9.64 Å². The Balaban J connectivity index is 0.00000160. The van der Waals surface area contributed by atoms with E-state index in [0.717, 1.165) is 35.7 Å². The smallest absolute Gasteiger partial charge is 0.120 e. The Kier molecular flexibility index (Phi) is 8.90. The summed E-state index contributed by atoms with van der Waals surface area (Å²) in [5.74, 6) is 0.842. The van der Waals surface area contributed by atoms with Crippen LogP contribution in [-0.2, 0) is 6.61 Å². The summed E-state index contributed by atoms with van der Waals surface area (Å²) in [5.41, 5.74) is 5.54. The van der Waals surface area contributed by atoms with Crippen molar-refractivity contribution >= 4 is 42.3 Å². The van der Waals surface area contributed by atoms with Gasteiger partial charge in [-0.05, 0) is 35.9 Å². The Labute approximate surface area is 190 Å². The lowest BCUT2D eigenvalue weighted by atomic mass is 10.1. The highest BCUT2D eigenvalue weighted by molar-refractivity contribution is 6.14. The predicted molar refractivity (Wildman–Crippen MR) is 130 cm³/mol. The van der Waals surface area contributed by atoms with Gasteiger partial charge >= 0.3 is 0 Å². The summed E-state index contributed by atoms with van der Waals surface area (Å²) >= 11 is 0. The van der Waals surface area contributed by atoms with Gasteiger partial charge in [0.25, 0.3) is 0 Å². The summed E-state index contributed by atoms with van der Waals surface area (Å²) in [4.78, 5) is 11.2. The maximum Gasteiger partial charge on any atom is 0.120 e. The molecule has 30 heavy (non-hydrogen) atoms. The van der Waals surface area contributed by atoms with Gasteiger partial charge in [-0.15, -0.1) is 24.8 Å². The second-order valence-corrected chi connectivity index (χ2v) is 6.76. The fourth-order valence-electron chi connectivity index (χ4n) is 3.22. The van der Waals surface area contributed by atoms with E-state index in [0.29, 0.717) is 6.61 Å². The molecule has 0 spiro atoms. The molecule has 1 aliphatic heterocycles. The molecule has 0 N–H and O–H groups in total. The molecule has 4 rings (SSSR count). The number of ether oxygens (including phenoxy) is 1. The first-order valence-electron chi connectivity index (χ1n) is 9.44. The van der Waals surface area contributed by atoms with E-state index in [-0.39, 0.29) is 24.8 Å². The third-order valence-electron chi connectivity index (χ3n) is 4.73. The van der Waals surface area contributed by atoms with E-state index in [1.165, 1.54) is 11.3 Å². The summed E-state index contributed by atoms with van der Waals surface area (Å²) in [6.07, 6.45) is 7.78. The first-order chi connectivity index (χ1) is 13.8. The van der Waals surface area contributed by atoms with Crippen LogP contribution in [-0.4, -0.2) is 30.8 Å². The number of aliphatic imine (C=N–C) groups is 1. The molecule has 3 aromatic rings. The summed E-state index contributed by atoms with van der Waals surface area (Å²) in [7, 11) is 2.12. The van der Waals surface area contributed by atoms with Crippen molar-refractivity contribution in [1.82, 2.24) is 4.98 Å². The Hall–Kier alpha value is -2.82. The van der Waals surface area contributed by atoms with Crippen LogP contribution in [0.4, 0.5) is 5.69 Å². The third kappa shape index (κ3) is 5.85. The maximum atomic E-state index is 5.90. The fraction of sp³-hybridized carbons (Fsp3) is 0.167. The molecule has 156 valence electrons. The van der Waals surface area contributed by atoms with Gasteiger partial charge in [0.05, 0.1) is 12.3 Å². The second-order valence-electron chi connectivity index (χ2n) is 6.76. The van der Waals surface area contributed by atoms with Gasteiger partial charge in [0.1, 0.15) is 12.4 Å². The number of halogens is 2. The lowest BCUT2D eigenvalue weighted by Gasteiger charge is -2.18. The normalized spacial score (nSPS) is 12.8. The Morgan fingerprint density at radius 2 is 1.87 bits per heavy atom. The van der Waals surface area contributed by atoms with Crippen LogP contribution in [0.15, 0.2) is 84.1 Å². The van der Waals surface area contributed by atoms with Crippen molar-refractivity contribution in [3.63, 3.8) is 0 Å². The molecular formula is C24H25Cl2N3O. The van der Waals surface area contributed by atoms with E-state index in [9.17, 15) is 0 Å². The van der Waals surface area contributed by atoms with Gasteiger partial charge in [0.2, 0.25) is 0 Å². The number of hydrogen-bond acceptors (Lipinski definition) is 4. The molecule has 0 atom stereocenters. The van der Waals surface area contributed by atoms with E-state index in [1.54, 1.807) is 6.20 Å². The van der Waals surface area contributed by atoms with E-state index < -0.39 is 0 Å². The highest BCUT2D eigenvalue weighted by Crippen LogP contribution is 2.23. The first-order valence-corrected chi connectivity index (χ1v) is 9.44. The number of hydrogen-bond donors (Lipinski definition) is 0. The molecule has 0 unspecified atom stereocenters. The van der Waals surface area contributed by atoms with Gasteiger partial charge in [0, 0.05) is 42.8 Å². The number of pyridine rings is 1. The quantitative estimate of drug-likeness (QED) is 0.527. The van der Waals surface area contributed by atoms with Crippen molar-refractivity contribution in [2.24, 2.45) is 4.99 Å². The van der Waals surface area contributed by atoms with Gasteiger partial charge in [0.15, 0.2) is 0 Å². The van der Waals surface area contributed by atoms with Crippen LogP contribution in [0.2, 0.25) is 0 Å². The molecule has 0 amide bonds. The standard InChI is InChI=1S/C24H23N3O.2ClH/c1-27-15-14-26-23(22-9-2-3-10-24(22)27)12-11-19-6-4-8-21(16-19)28-18-20-7-5-13-25-17-20;;/h2-13,16-17H,14-15,18H2,1H3;2*1H. The van der Waals surface area contributed by atoms with E-state index >= 15 is 0 Å². The molecule has 4 nitrogen and oxygen atoms in total. The molecule has 1 aromatic heterocycles. The molecule has 0 bridgehead atoms.